The zero-order valence-corrected chi connectivity index (χ0v) is 29.8. The van der Waals surface area contributed by atoms with Crippen LogP contribution >= 0.6 is 0 Å². The molecule has 1 unspecified atom stereocenters. The highest BCUT2D eigenvalue weighted by molar-refractivity contribution is 6.75. The van der Waals surface area contributed by atoms with E-state index < -0.39 is 25.0 Å². The fraction of sp³-hybridized carbons (Fsp3) is 0.897. The first-order chi connectivity index (χ1) is 15.9. The highest BCUT2D eigenvalue weighted by Gasteiger charge is 2.44. The quantitative estimate of drug-likeness (QED) is 0.199. The summed E-state index contributed by atoms with van der Waals surface area (Å²) < 4.78 is 20.5. The van der Waals surface area contributed by atoms with Crippen molar-refractivity contribution in [2.24, 2.45) is 11.8 Å². The van der Waals surface area contributed by atoms with Crippen molar-refractivity contribution >= 4 is 31.2 Å². The van der Waals surface area contributed by atoms with Gasteiger partial charge >= 0.3 is 0 Å². The van der Waals surface area contributed by atoms with Crippen LogP contribution in [-0.4, -0.2) is 50.6 Å². The Bertz CT molecular complexity index is 750. The average molecular weight is 557 g/mol. The van der Waals surface area contributed by atoms with Crippen molar-refractivity contribution in [2.45, 2.75) is 143 Å². The third-order valence-corrected chi connectivity index (χ3v) is 23.5. The molecule has 36 heavy (non-hydrogen) atoms. The summed E-state index contributed by atoms with van der Waals surface area (Å²) in [5.41, 5.74) is 2.04. The van der Waals surface area contributed by atoms with Gasteiger partial charge < -0.3 is 13.3 Å². The Morgan fingerprint density at radius 1 is 0.778 bits per heavy atom. The van der Waals surface area contributed by atoms with Crippen LogP contribution in [0.4, 0.5) is 0 Å². The molecule has 4 nitrogen and oxygen atoms in total. The van der Waals surface area contributed by atoms with Crippen molar-refractivity contribution < 1.29 is 18.1 Å². The smallest absolute Gasteiger partial charge is 0.192 e. The predicted molar refractivity (Wildman–Crippen MR) is 163 cm³/mol. The highest BCUT2D eigenvalue weighted by atomic mass is 28.4. The third kappa shape index (κ3) is 8.47. The Morgan fingerprint density at radius 3 is 1.50 bits per heavy atom. The van der Waals surface area contributed by atoms with Gasteiger partial charge in [-0.25, -0.2) is 0 Å². The summed E-state index contributed by atoms with van der Waals surface area (Å²) in [5, 5.41) is 0.434. The van der Waals surface area contributed by atoms with Crippen molar-refractivity contribution in [1.29, 1.82) is 0 Å². The number of allylic oxidation sites excluding steroid dienone is 1. The molecule has 0 heterocycles. The van der Waals surface area contributed by atoms with E-state index in [0.29, 0.717) is 19.1 Å². The molecule has 7 heteroatoms. The second-order valence-corrected chi connectivity index (χ2v) is 30.2. The summed E-state index contributed by atoms with van der Waals surface area (Å²) in [4.78, 5) is 12.2. The lowest BCUT2D eigenvalue weighted by molar-refractivity contribution is -0.105. The lowest BCUT2D eigenvalue weighted by Gasteiger charge is -2.45. The Balaban J connectivity index is 3.31. The minimum atomic E-state index is -1.99. The van der Waals surface area contributed by atoms with Gasteiger partial charge in [-0.15, -0.1) is 0 Å². The molecule has 1 rings (SSSR count). The molecule has 0 bridgehead atoms. The Hall–Kier alpha value is -0.0594. The van der Waals surface area contributed by atoms with E-state index in [2.05, 4.69) is 109 Å². The molecule has 0 aromatic rings. The van der Waals surface area contributed by atoms with Gasteiger partial charge in [-0.1, -0.05) is 62.3 Å². The number of rotatable bonds is 10. The van der Waals surface area contributed by atoms with Crippen molar-refractivity contribution in [3.63, 3.8) is 0 Å². The van der Waals surface area contributed by atoms with E-state index in [1.165, 1.54) is 0 Å². The molecule has 0 saturated carbocycles. The fourth-order valence-corrected chi connectivity index (χ4v) is 7.20. The zero-order chi connectivity index (χ0) is 28.5. The second kappa shape index (κ2) is 11.6. The van der Waals surface area contributed by atoms with E-state index in [1.54, 1.807) is 0 Å². The van der Waals surface area contributed by atoms with Gasteiger partial charge in [0, 0.05) is 19.1 Å². The Labute approximate surface area is 227 Å². The number of hydrogen-bond acceptors (Lipinski definition) is 4. The normalized spacial score (nSPS) is 21.4. The lowest BCUT2D eigenvalue weighted by Crippen LogP contribution is -2.48. The summed E-state index contributed by atoms with van der Waals surface area (Å²) >= 11 is 0. The number of carbonyl (C=O) groups is 1. The van der Waals surface area contributed by atoms with Gasteiger partial charge in [-0.3, -0.25) is 4.79 Å². The first-order valence-electron chi connectivity index (χ1n) is 14.0. The number of aldehydes is 1. The number of carbonyl (C=O) groups excluding carboxylic acids is 1. The first-order valence-corrected chi connectivity index (χ1v) is 22.7. The van der Waals surface area contributed by atoms with Gasteiger partial charge in [0.25, 0.3) is 0 Å². The summed E-state index contributed by atoms with van der Waals surface area (Å²) in [6, 6.07) is 0. The molecule has 1 aliphatic rings. The van der Waals surface area contributed by atoms with Crippen LogP contribution in [0.2, 0.25) is 54.4 Å². The van der Waals surface area contributed by atoms with E-state index in [9.17, 15) is 4.79 Å². The van der Waals surface area contributed by atoms with Crippen LogP contribution in [0.5, 0.6) is 0 Å². The standard InChI is InChI=1S/C29H60O4Si3/c1-22-24(19-30)17-23(18-26(22)33-36(15,16)29(8,9)10)25(20-31-34(11,12)27(2,3)4)21-32-35(13,14)28(5,6)7/h19,23,25-26H,17-18,20-21H2,1-16H3/t23-,26?/m0/s1. The summed E-state index contributed by atoms with van der Waals surface area (Å²) in [6.45, 7) is 38.0. The largest absolute Gasteiger partial charge is 0.416 e. The Morgan fingerprint density at radius 2 is 1.17 bits per heavy atom. The van der Waals surface area contributed by atoms with E-state index in [4.69, 9.17) is 13.3 Å². The van der Waals surface area contributed by atoms with Gasteiger partial charge in [0.2, 0.25) is 0 Å². The molecule has 1 aliphatic carbocycles. The van der Waals surface area contributed by atoms with Crippen LogP contribution in [-0.2, 0) is 18.1 Å². The second-order valence-electron chi connectivity index (χ2n) is 15.8. The molecule has 2 atom stereocenters. The number of hydrogen-bond donors (Lipinski definition) is 0. The molecule has 0 aromatic heterocycles. The maximum Gasteiger partial charge on any atom is 0.192 e. The maximum absolute atomic E-state index is 12.2. The lowest BCUT2D eigenvalue weighted by atomic mass is 9.77. The molecule has 0 aliphatic heterocycles. The SMILES string of the molecule is CC1=C(C=O)C[C@H](C(CO[Si](C)(C)C(C)(C)C)CO[Si](C)(C)C(C)(C)C)CC1O[Si](C)(C)C(C)(C)C. The summed E-state index contributed by atoms with van der Waals surface area (Å²) in [6.07, 6.45) is 2.79. The van der Waals surface area contributed by atoms with Crippen LogP contribution in [0, 0.1) is 11.8 Å². The van der Waals surface area contributed by atoms with E-state index in [-0.39, 0.29) is 27.1 Å². The van der Waals surface area contributed by atoms with Crippen molar-refractivity contribution in [3.05, 3.63) is 11.1 Å². The maximum atomic E-state index is 12.2. The summed E-state index contributed by atoms with van der Waals surface area (Å²) in [5.74, 6) is 0.542. The van der Waals surface area contributed by atoms with Crippen molar-refractivity contribution in [2.75, 3.05) is 13.2 Å². The third-order valence-electron chi connectivity index (χ3n) is 9.97. The van der Waals surface area contributed by atoms with Crippen molar-refractivity contribution in [1.82, 2.24) is 0 Å². The molecule has 212 valence electrons. The van der Waals surface area contributed by atoms with Crippen LogP contribution < -0.4 is 0 Å². The van der Waals surface area contributed by atoms with Crippen LogP contribution in [0.3, 0.4) is 0 Å². The van der Waals surface area contributed by atoms with Crippen LogP contribution in [0.25, 0.3) is 0 Å². The van der Waals surface area contributed by atoms with E-state index >= 15 is 0 Å². The minimum absolute atomic E-state index is 0.00640. The topological polar surface area (TPSA) is 44.8 Å². The molecule has 0 fully saturated rings. The van der Waals surface area contributed by atoms with Gasteiger partial charge in [0.1, 0.15) is 6.29 Å². The fourth-order valence-electron chi connectivity index (χ4n) is 3.74. The molecular formula is C29H60O4Si3. The minimum Gasteiger partial charge on any atom is -0.416 e. The molecule has 0 saturated heterocycles. The Kier molecular flexibility index (Phi) is 10.9. The molecule has 0 radical (unpaired) electrons. The van der Waals surface area contributed by atoms with Crippen molar-refractivity contribution in [3.8, 4) is 0 Å². The van der Waals surface area contributed by atoms with E-state index in [1.807, 2.05) is 0 Å². The van der Waals surface area contributed by atoms with Crippen LogP contribution in [0.15, 0.2) is 11.1 Å². The van der Waals surface area contributed by atoms with Crippen LogP contribution in [0.1, 0.15) is 82.1 Å². The summed E-state index contributed by atoms with van der Waals surface area (Å²) in [7, 11) is -5.81. The van der Waals surface area contributed by atoms with Gasteiger partial charge in [0.05, 0.1) is 6.10 Å². The van der Waals surface area contributed by atoms with Gasteiger partial charge in [0.15, 0.2) is 25.0 Å². The predicted octanol–water partition coefficient (Wildman–Crippen LogP) is 8.96. The first kappa shape index (κ1) is 34.0. The van der Waals surface area contributed by atoms with E-state index in [0.717, 1.165) is 30.3 Å². The molecule has 0 spiro atoms. The average Bonchev–Trinajstić information content (AvgIpc) is 2.66. The molecule has 0 N–H and O–H groups in total. The zero-order valence-electron chi connectivity index (χ0n) is 26.8. The monoisotopic (exact) mass is 556 g/mol. The molecule has 0 amide bonds. The molecular weight excluding hydrogens is 497 g/mol. The highest BCUT2D eigenvalue weighted by Crippen LogP contribution is 2.44. The van der Waals surface area contributed by atoms with Gasteiger partial charge in [-0.2, -0.15) is 0 Å². The van der Waals surface area contributed by atoms with Gasteiger partial charge in [-0.05, 0) is 91.2 Å². The molecule has 0 aromatic carbocycles.